The molecule has 0 bridgehead atoms. The molecular weight excluding hydrogens is 512 g/mol. The molecule has 2 heterocycles. The normalized spacial score (nSPS) is 25.1. The topological polar surface area (TPSA) is 73.5 Å². The Hall–Kier alpha value is -1.22. The second-order valence-electron chi connectivity index (χ2n) is 12.4. The van der Waals surface area contributed by atoms with E-state index >= 15 is 0 Å². The van der Waals surface area contributed by atoms with Crippen molar-refractivity contribution in [2.45, 2.75) is 107 Å². The minimum Gasteiger partial charge on any atom is -0.351 e. The van der Waals surface area contributed by atoms with Gasteiger partial charge in [-0.15, -0.1) is 11.8 Å². The predicted octanol–water partition coefficient (Wildman–Crippen LogP) is 4.79. The maximum Gasteiger partial charge on any atom is 0.243 e. The van der Waals surface area contributed by atoms with E-state index in [9.17, 15) is 9.59 Å². The van der Waals surface area contributed by atoms with E-state index in [1.165, 1.54) is 37.7 Å². The van der Waals surface area contributed by atoms with Gasteiger partial charge in [0.15, 0.2) is 0 Å². The van der Waals surface area contributed by atoms with E-state index in [0.29, 0.717) is 5.75 Å². The lowest BCUT2D eigenvalue weighted by Gasteiger charge is -2.33. The lowest BCUT2D eigenvalue weighted by atomic mass is 9.91. The summed E-state index contributed by atoms with van der Waals surface area (Å²) in [4.78, 5) is 29.3. The first-order chi connectivity index (χ1) is 18.1. The van der Waals surface area contributed by atoms with Gasteiger partial charge >= 0.3 is 0 Å². The second-order valence-corrected chi connectivity index (χ2v) is 15.8. The second kappa shape index (κ2) is 13.4. The van der Waals surface area contributed by atoms with Crippen LogP contribution in [0, 0.1) is 5.92 Å². The minimum atomic E-state index is -0.509. The number of carbonyl (C=O) groups is 2. The van der Waals surface area contributed by atoms with Crippen LogP contribution in [0.3, 0.4) is 0 Å². The molecule has 6 nitrogen and oxygen atoms in total. The standard InChI is InChI=1S/C30H48N4O2S2/c1-29(2)26(33-30(3,4)38-29)28(36)32-25(21-37-20-23-13-9-6-10-14-23)27(35)31-24-15-17-34(18-16-24)19-22-11-7-5-8-12-22/h5,7-8,11-12,23-26,33H,6,9-10,13-21H2,1-4H3,(H,31,35)(H,32,36)/t25-,26+/m0/s1. The van der Waals surface area contributed by atoms with Gasteiger partial charge in [-0.3, -0.25) is 19.8 Å². The zero-order valence-electron chi connectivity index (χ0n) is 23.8. The van der Waals surface area contributed by atoms with Crippen LogP contribution in [0.1, 0.15) is 78.2 Å². The van der Waals surface area contributed by atoms with E-state index in [0.717, 1.165) is 44.1 Å². The third-order valence-corrected chi connectivity index (χ3v) is 10.8. The monoisotopic (exact) mass is 560 g/mol. The van der Waals surface area contributed by atoms with Crippen LogP contribution in [0.4, 0.5) is 0 Å². The average molecular weight is 561 g/mol. The molecule has 1 aromatic carbocycles. The Labute approximate surface area is 238 Å². The van der Waals surface area contributed by atoms with Gasteiger partial charge in [0.2, 0.25) is 11.8 Å². The first kappa shape index (κ1) is 29.8. The molecule has 2 amide bonds. The highest BCUT2D eigenvalue weighted by atomic mass is 32.2. The van der Waals surface area contributed by atoms with Crippen LogP contribution in [-0.2, 0) is 16.1 Å². The summed E-state index contributed by atoms with van der Waals surface area (Å²) < 4.78 is -0.241. The van der Waals surface area contributed by atoms with Gasteiger partial charge in [-0.25, -0.2) is 0 Å². The lowest BCUT2D eigenvalue weighted by molar-refractivity contribution is -0.130. The molecule has 0 radical (unpaired) electrons. The SMILES string of the molecule is CC1(C)N[C@H](C(=O)N[C@@H](CSCC2CCCCC2)C(=O)NC2CCN(Cc3ccccc3)CC2)C(C)(C)S1. The molecule has 1 saturated carbocycles. The van der Waals surface area contributed by atoms with E-state index in [1.807, 2.05) is 11.8 Å². The number of amides is 2. The number of piperidine rings is 1. The van der Waals surface area contributed by atoms with Crippen LogP contribution in [-0.4, -0.2) is 69.1 Å². The van der Waals surface area contributed by atoms with Crippen molar-refractivity contribution in [2.75, 3.05) is 24.6 Å². The maximum absolute atomic E-state index is 13.5. The van der Waals surface area contributed by atoms with Gasteiger partial charge in [-0.1, -0.05) is 49.6 Å². The molecule has 8 heteroatoms. The number of thioether (sulfide) groups is 2. The molecule has 0 spiro atoms. The number of hydrogen-bond donors (Lipinski definition) is 3. The van der Waals surface area contributed by atoms with Crippen molar-refractivity contribution in [3.05, 3.63) is 35.9 Å². The van der Waals surface area contributed by atoms with E-state index < -0.39 is 6.04 Å². The summed E-state index contributed by atoms with van der Waals surface area (Å²) in [5.74, 6) is 2.36. The molecule has 1 aromatic rings. The first-order valence-electron chi connectivity index (χ1n) is 14.5. The number of likely N-dealkylation sites (tertiary alicyclic amines) is 1. The Morgan fingerprint density at radius 2 is 1.74 bits per heavy atom. The largest absolute Gasteiger partial charge is 0.351 e. The van der Waals surface area contributed by atoms with Crippen LogP contribution in [0.2, 0.25) is 0 Å². The van der Waals surface area contributed by atoms with Crippen molar-refractivity contribution < 1.29 is 9.59 Å². The highest BCUT2D eigenvalue weighted by Crippen LogP contribution is 2.44. The zero-order chi connectivity index (χ0) is 27.2. The molecule has 4 rings (SSSR count). The van der Waals surface area contributed by atoms with Gasteiger partial charge in [0.05, 0.1) is 4.87 Å². The fourth-order valence-electron chi connectivity index (χ4n) is 6.17. The van der Waals surface area contributed by atoms with Gasteiger partial charge in [0.1, 0.15) is 12.1 Å². The molecule has 2 saturated heterocycles. The van der Waals surface area contributed by atoms with Crippen molar-refractivity contribution in [3.63, 3.8) is 0 Å². The molecule has 212 valence electrons. The molecule has 2 atom stereocenters. The minimum absolute atomic E-state index is 0.0290. The molecule has 3 N–H and O–H groups in total. The van der Waals surface area contributed by atoms with E-state index in [4.69, 9.17) is 0 Å². The predicted molar refractivity (Wildman–Crippen MR) is 161 cm³/mol. The van der Waals surface area contributed by atoms with Crippen LogP contribution in [0.25, 0.3) is 0 Å². The Bertz CT molecular complexity index is 912. The van der Waals surface area contributed by atoms with Gasteiger partial charge in [-0.05, 0) is 70.6 Å². The summed E-state index contributed by atoms with van der Waals surface area (Å²) in [6, 6.07) is 9.89. The van der Waals surface area contributed by atoms with Crippen molar-refractivity contribution >= 4 is 35.3 Å². The van der Waals surface area contributed by atoms with Crippen molar-refractivity contribution in [2.24, 2.45) is 5.92 Å². The van der Waals surface area contributed by atoms with Gasteiger partial charge < -0.3 is 10.6 Å². The van der Waals surface area contributed by atoms with Crippen LogP contribution < -0.4 is 16.0 Å². The zero-order valence-corrected chi connectivity index (χ0v) is 25.4. The van der Waals surface area contributed by atoms with Crippen molar-refractivity contribution in [1.82, 2.24) is 20.9 Å². The average Bonchev–Trinajstić information content (AvgIpc) is 3.12. The van der Waals surface area contributed by atoms with Crippen LogP contribution >= 0.6 is 23.5 Å². The van der Waals surface area contributed by atoms with Gasteiger partial charge in [-0.2, -0.15) is 11.8 Å². The molecule has 3 fully saturated rings. The quantitative estimate of drug-likeness (QED) is 0.382. The van der Waals surface area contributed by atoms with Crippen molar-refractivity contribution in [1.29, 1.82) is 0 Å². The summed E-state index contributed by atoms with van der Waals surface area (Å²) >= 11 is 3.61. The summed E-state index contributed by atoms with van der Waals surface area (Å²) in [7, 11) is 0. The van der Waals surface area contributed by atoms with E-state index in [1.54, 1.807) is 11.8 Å². The Morgan fingerprint density at radius 1 is 1.05 bits per heavy atom. The highest BCUT2D eigenvalue weighted by molar-refractivity contribution is 8.02. The summed E-state index contributed by atoms with van der Waals surface area (Å²) in [5.41, 5.74) is 1.33. The molecule has 1 aliphatic carbocycles. The smallest absolute Gasteiger partial charge is 0.243 e. The number of nitrogens with one attached hydrogen (secondary N) is 3. The fourth-order valence-corrected chi connectivity index (χ4v) is 9.22. The third-order valence-electron chi connectivity index (χ3n) is 8.15. The first-order valence-corrected chi connectivity index (χ1v) is 16.5. The number of carbonyl (C=O) groups excluding carboxylic acids is 2. The molecule has 3 aliphatic rings. The van der Waals surface area contributed by atoms with Crippen molar-refractivity contribution in [3.8, 4) is 0 Å². The molecule has 2 aliphatic heterocycles. The molecule has 38 heavy (non-hydrogen) atoms. The number of hydrogen-bond acceptors (Lipinski definition) is 6. The van der Waals surface area contributed by atoms with Gasteiger partial charge in [0, 0.05) is 36.2 Å². The Balaban J connectivity index is 1.32. The van der Waals surface area contributed by atoms with E-state index in [-0.39, 0.29) is 33.5 Å². The summed E-state index contributed by atoms with van der Waals surface area (Å²) in [6.45, 7) is 11.3. The summed E-state index contributed by atoms with van der Waals surface area (Å²) in [6.07, 6.45) is 8.47. The number of benzene rings is 1. The molecule has 0 aromatic heterocycles. The van der Waals surface area contributed by atoms with E-state index in [2.05, 4.69) is 78.9 Å². The lowest BCUT2D eigenvalue weighted by Crippen LogP contribution is -2.58. The number of rotatable bonds is 10. The van der Waals surface area contributed by atoms with Crippen LogP contribution in [0.15, 0.2) is 30.3 Å². The summed E-state index contributed by atoms with van der Waals surface area (Å²) in [5, 5.41) is 9.95. The third kappa shape index (κ3) is 8.64. The Kier molecular flexibility index (Phi) is 10.5. The maximum atomic E-state index is 13.5. The fraction of sp³-hybridized carbons (Fsp3) is 0.733. The molecule has 0 unspecified atom stereocenters. The Morgan fingerprint density at radius 3 is 2.37 bits per heavy atom. The highest BCUT2D eigenvalue weighted by Gasteiger charge is 2.49. The van der Waals surface area contributed by atoms with Gasteiger partial charge in [0.25, 0.3) is 0 Å². The number of nitrogens with zero attached hydrogens (tertiary/aromatic N) is 1. The van der Waals surface area contributed by atoms with Crippen LogP contribution in [0.5, 0.6) is 0 Å². The molecular formula is C30H48N4O2S2.